The van der Waals surface area contributed by atoms with E-state index in [0.717, 1.165) is 32.7 Å². The summed E-state index contributed by atoms with van der Waals surface area (Å²) in [6, 6.07) is 45.7. The Balaban J connectivity index is 1.35. The van der Waals surface area contributed by atoms with Crippen LogP contribution in [-0.2, 0) is 0 Å². The first kappa shape index (κ1) is 20.3. The molecule has 43 heavy (non-hydrogen) atoms. The maximum absolute atomic E-state index is 8.56. The van der Waals surface area contributed by atoms with Gasteiger partial charge in [-0.15, -0.1) is 0 Å². The monoisotopic (exact) mass is 550 g/mol. The second kappa shape index (κ2) is 9.44. The van der Waals surface area contributed by atoms with Crippen LogP contribution in [0.1, 0.15) is 5.48 Å². The van der Waals surface area contributed by atoms with Gasteiger partial charge in [-0.05, 0) is 90.0 Å². The second-order valence-corrected chi connectivity index (χ2v) is 11.0. The molecule has 1 aromatic heterocycles. The molecule has 200 valence electrons. The van der Waals surface area contributed by atoms with E-state index in [1.165, 1.54) is 33.0 Å². The average Bonchev–Trinajstić information content (AvgIpc) is 3.48. The molecule has 0 aliphatic rings. The van der Waals surface area contributed by atoms with Gasteiger partial charge in [0.2, 0.25) is 0 Å². The molecule has 8 aromatic carbocycles. The van der Waals surface area contributed by atoms with E-state index in [2.05, 4.69) is 109 Å². The van der Waals surface area contributed by atoms with Gasteiger partial charge in [0.15, 0.2) is 0 Å². The van der Waals surface area contributed by atoms with Crippen molar-refractivity contribution in [3.05, 3.63) is 158 Å². The van der Waals surface area contributed by atoms with Crippen LogP contribution in [0, 0.1) is 0 Å². The van der Waals surface area contributed by atoms with Gasteiger partial charge in [-0.2, -0.15) is 0 Å². The molecule has 0 saturated heterocycles. The minimum atomic E-state index is -0.242. The van der Waals surface area contributed by atoms with Gasteiger partial charge in [0.25, 0.3) is 0 Å². The van der Waals surface area contributed by atoms with Gasteiger partial charge >= 0.3 is 0 Å². The highest BCUT2D eigenvalue weighted by Gasteiger charge is 2.19. The van der Waals surface area contributed by atoms with Crippen molar-refractivity contribution in [2.24, 2.45) is 0 Å². The fourth-order valence-corrected chi connectivity index (χ4v) is 6.68. The van der Waals surface area contributed by atoms with Gasteiger partial charge in [0.05, 0.1) is 5.48 Å². The van der Waals surface area contributed by atoms with Gasteiger partial charge in [-0.1, -0.05) is 133 Å². The van der Waals surface area contributed by atoms with Crippen LogP contribution in [0.4, 0.5) is 0 Å². The van der Waals surface area contributed by atoms with Crippen LogP contribution < -0.4 is 0 Å². The Morgan fingerprint density at radius 3 is 1.65 bits per heavy atom. The van der Waals surface area contributed by atoms with Crippen LogP contribution in [0.5, 0.6) is 0 Å². The highest BCUT2D eigenvalue weighted by molar-refractivity contribution is 6.23. The topological polar surface area (TPSA) is 13.1 Å². The van der Waals surface area contributed by atoms with Gasteiger partial charge in [-0.25, -0.2) is 0 Å². The maximum Gasteiger partial charge on any atom is 0.136 e. The van der Waals surface area contributed by atoms with Crippen LogP contribution in [-0.4, -0.2) is 0 Å². The van der Waals surface area contributed by atoms with Gasteiger partial charge in [0, 0.05) is 10.8 Å². The summed E-state index contributed by atoms with van der Waals surface area (Å²) in [5.74, 6) is 0. The number of furan rings is 1. The molecule has 1 nitrogen and oxygen atoms in total. The van der Waals surface area contributed by atoms with Crippen LogP contribution in [0.15, 0.2) is 162 Å². The van der Waals surface area contributed by atoms with Crippen molar-refractivity contribution in [2.75, 3.05) is 0 Å². The first-order chi connectivity index (χ1) is 23.0. The van der Waals surface area contributed by atoms with E-state index in [0.29, 0.717) is 21.9 Å². The Morgan fingerprint density at radius 2 is 0.953 bits per heavy atom. The minimum absolute atomic E-state index is 0.0447. The van der Waals surface area contributed by atoms with E-state index < -0.39 is 0 Å². The molecule has 1 heteroatoms. The molecule has 0 bridgehead atoms. The van der Waals surface area contributed by atoms with E-state index in [1.54, 1.807) is 6.07 Å². The fourth-order valence-electron chi connectivity index (χ4n) is 6.68. The van der Waals surface area contributed by atoms with Crippen molar-refractivity contribution < 1.29 is 9.90 Å². The number of fused-ring (bicyclic) bond motifs is 6. The third-order valence-corrected chi connectivity index (χ3v) is 8.57. The lowest BCUT2D eigenvalue weighted by Crippen LogP contribution is -1.92. The van der Waals surface area contributed by atoms with E-state index >= 15 is 0 Å². The predicted molar refractivity (Wildman–Crippen MR) is 183 cm³/mol. The molecule has 0 fully saturated rings. The molecule has 0 spiro atoms. The number of rotatable bonds is 3. The van der Waals surface area contributed by atoms with Crippen molar-refractivity contribution in [1.29, 1.82) is 0 Å². The zero-order chi connectivity index (χ0) is 31.8. The molecule has 0 aliphatic carbocycles. The Kier molecular flexibility index (Phi) is 4.45. The van der Waals surface area contributed by atoms with Crippen molar-refractivity contribution in [2.45, 2.75) is 0 Å². The smallest absolute Gasteiger partial charge is 0.136 e. The summed E-state index contributed by atoms with van der Waals surface area (Å²) in [5.41, 5.74) is 8.23. The first-order valence-electron chi connectivity index (χ1n) is 16.4. The summed E-state index contributed by atoms with van der Waals surface area (Å²) in [6.45, 7) is 0. The van der Waals surface area contributed by atoms with Gasteiger partial charge in [0.1, 0.15) is 11.2 Å². The minimum Gasteiger partial charge on any atom is -0.456 e. The summed E-state index contributed by atoms with van der Waals surface area (Å²) in [7, 11) is 0. The van der Waals surface area contributed by atoms with Gasteiger partial charge < -0.3 is 4.42 Å². The summed E-state index contributed by atoms with van der Waals surface area (Å²) >= 11 is 0. The molecule has 0 saturated carbocycles. The zero-order valence-electron chi connectivity index (χ0n) is 27.1. The van der Waals surface area contributed by atoms with Crippen LogP contribution in [0.3, 0.4) is 0 Å². The Morgan fingerprint density at radius 1 is 0.395 bits per heavy atom. The summed E-state index contributed by atoms with van der Waals surface area (Å²) in [5, 5.41) is 7.29. The van der Waals surface area contributed by atoms with E-state index in [4.69, 9.17) is 9.90 Å². The average molecular weight is 551 g/mol. The lowest BCUT2D eigenvalue weighted by atomic mass is 9.83. The van der Waals surface area contributed by atoms with E-state index in [1.807, 2.05) is 18.2 Å². The van der Waals surface area contributed by atoms with Crippen molar-refractivity contribution in [1.82, 2.24) is 0 Å². The van der Waals surface area contributed by atoms with Crippen LogP contribution in [0.2, 0.25) is 0 Å². The van der Waals surface area contributed by atoms with Crippen molar-refractivity contribution >= 4 is 54.3 Å². The summed E-state index contributed by atoms with van der Waals surface area (Å²) in [4.78, 5) is 0. The second-order valence-electron chi connectivity index (χ2n) is 11.0. The molecule has 1 heterocycles. The van der Waals surface area contributed by atoms with Crippen molar-refractivity contribution in [3.8, 4) is 33.4 Å². The summed E-state index contributed by atoms with van der Waals surface area (Å²) in [6.07, 6.45) is 0. The molecule has 0 atom stereocenters. The number of hydrogen-bond acceptors (Lipinski definition) is 1. The molecule has 0 aliphatic heterocycles. The Bertz CT molecular complexity index is 2670. The normalized spacial score (nSPS) is 13.0. The molecule has 0 amide bonds. The predicted octanol–water partition coefficient (Wildman–Crippen LogP) is 12.0. The molecular formula is C42H26O. The maximum atomic E-state index is 8.56. The largest absolute Gasteiger partial charge is 0.456 e. The van der Waals surface area contributed by atoms with E-state index in [9.17, 15) is 0 Å². The first-order valence-corrected chi connectivity index (χ1v) is 14.4. The van der Waals surface area contributed by atoms with Crippen LogP contribution >= 0.6 is 0 Å². The molecule has 0 radical (unpaired) electrons. The lowest BCUT2D eigenvalue weighted by molar-refractivity contribution is 0.669. The quantitative estimate of drug-likeness (QED) is 0.199. The molecule has 0 N–H and O–H groups in total. The lowest BCUT2D eigenvalue weighted by Gasteiger charge is -2.19. The number of benzene rings is 8. The molecule has 9 rings (SSSR count). The molecule has 0 unspecified atom stereocenters. The Hall–Kier alpha value is -5.66. The Labute approximate surface area is 254 Å². The highest BCUT2D eigenvalue weighted by Crippen LogP contribution is 2.46. The molecule has 9 aromatic rings. The van der Waals surface area contributed by atoms with Crippen molar-refractivity contribution in [3.63, 3.8) is 0 Å². The fraction of sp³-hybridized carbons (Fsp3) is 0. The zero-order valence-corrected chi connectivity index (χ0v) is 23.1. The highest BCUT2D eigenvalue weighted by atomic mass is 16.3. The van der Waals surface area contributed by atoms with Crippen LogP contribution in [0.25, 0.3) is 87.6 Å². The molecular weight excluding hydrogens is 520 g/mol. The number of hydrogen-bond donors (Lipinski definition) is 0. The van der Waals surface area contributed by atoms with Gasteiger partial charge in [-0.3, -0.25) is 0 Å². The SMILES string of the molecule is [2H]c1c([2H])c([2H])c2cc3c(cc2c1[2H])oc1ccc(-c2c4ccccc4c(-c4ccccc4-c4ccccc4)c4ccccc24)cc13. The summed E-state index contributed by atoms with van der Waals surface area (Å²) < 4.78 is 39.6. The van der Waals surface area contributed by atoms with E-state index in [-0.39, 0.29) is 24.2 Å². The third-order valence-electron chi connectivity index (χ3n) is 8.57. The third kappa shape index (κ3) is 3.72. The standard InChI is InChI=1S/C42H26O/c1-2-12-27(13-3-1)31-16-6-7-17-32(31)42-35-20-10-8-18-33(35)41(34-19-9-11-21-36(34)42)30-22-23-39-37(25-30)38-24-28-14-4-5-15-29(28)26-40(38)43-39/h1-26H/i4D,5D,14D,15D.